The zero-order chi connectivity index (χ0) is 16.1. The number of carbonyl (C=O) groups is 2. The molecular weight excluding hydrogens is 366 g/mol. The van der Waals surface area contributed by atoms with Crippen molar-refractivity contribution in [2.24, 2.45) is 0 Å². The van der Waals surface area contributed by atoms with Gasteiger partial charge in [0.05, 0.1) is 5.56 Å². The van der Waals surface area contributed by atoms with Crippen molar-refractivity contribution in [1.29, 1.82) is 0 Å². The number of nitrogens with zero attached hydrogens (tertiary/aromatic N) is 1. The molecule has 3 nitrogen and oxygen atoms in total. The van der Waals surface area contributed by atoms with E-state index in [1.807, 2.05) is 36.4 Å². The van der Waals surface area contributed by atoms with E-state index in [9.17, 15) is 9.59 Å². The fraction of sp³-hybridized carbons (Fsp3) is 0.0500. The van der Waals surface area contributed by atoms with Gasteiger partial charge < -0.3 is 17.0 Å². The average molecular weight is 382 g/mol. The summed E-state index contributed by atoms with van der Waals surface area (Å²) >= 11 is 0. The van der Waals surface area contributed by atoms with Crippen LogP contribution in [-0.4, -0.2) is 11.6 Å². The predicted molar refractivity (Wildman–Crippen MR) is 87.3 cm³/mol. The molecule has 0 bridgehead atoms. The van der Waals surface area contributed by atoms with Gasteiger partial charge in [-0.15, -0.1) is 0 Å². The molecule has 0 amide bonds. The summed E-state index contributed by atoms with van der Waals surface area (Å²) < 4.78 is 1.74. The number of hydrogen-bond acceptors (Lipinski definition) is 2. The lowest BCUT2D eigenvalue weighted by atomic mass is 10.1. The first-order valence-electron chi connectivity index (χ1n) is 7.41. The van der Waals surface area contributed by atoms with Crippen LogP contribution in [0.3, 0.4) is 0 Å². The Morgan fingerprint density at radius 1 is 0.708 bits per heavy atom. The summed E-state index contributed by atoms with van der Waals surface area (Å²) in [6, 6.07) is 21.8. The molecule has 2 aromatic carbocycles. The maximum absolute atomic E-state index is 12.5. The summed E-state index contributed by atoms with van der Waals surface area (Å²) in [6.45, 7) is 0.208. The first kappa shape index (κ1) is 17.8. The van der Waals surface area contributed by atoms with Gasteiger partial charge in [0.25, 0.3) is 0 Å². The lowest BCUT2D eigenvalue weighted by Crippen LogP contribution is -3.00. The van der Waals surface area contributed by atoms with Crippen LogP contribution in [0, 0.1) is 0 Å². The number of rotatable bonds is 5. The lowest BCUT2D eigenvalue weighted by Gasteiger charge is -2.01. The van der Waals surface area contributed by atoms with Gasteiger partial charge in [-0.3, -0.25) is 9.59 Å². The van der Waals surface area contributed by atoms with Crippen LogP contribution >= 0.6 is 0 Å². The second-order valence-electron chi connectivity index (χ2n) is 5.25. The molecule has 1 aromatic heterocycles. The number of Topliss-reactive ketones (excluding diaryl/α,β-unsaturated/α-hetero) is 1. The smallest absolute Gasteiger partial charge is 0.227 e. The van der Waals surface area contributed by atoms with E-state index in [0.29, 0.717) is 16.7 Å². The first-order chi connectivity index (χ1) is 11.2. The summed E-state index contributed by atoms with van der Waals surface area (Å²) in [4.78, 5) is 24.7. The van der Waals surface area contributed by atoms with Crippen molar-refractivity contribution in [2.75, 3.05) is 0 Å². The normalized spacial score (nSPS) is 9.83. The van der Waals surface area contributed by atoms with Gasteiger partial charge in [0.1, 0.15) is 0 Å². The number of aromatic nitrogens is 1. The molecule has 0 N–H and O–H groups in total. The highest BCUT2D eigenvalue weighted by molar-refractivity contribution is 6.08. The molecule has 4 heteroatoms. The Bertz CT molecular complexity index is 833. The Hall–Kier alpha value is -2.59. The van der Waals surface area contributed by atoms with E-state index in [1.165, 1.54) is 0 Å². The monoisotopic (exact) mass is 381 g/mol. The molecule has 0 aliphatic heterocycles. The minimum Gasteiger partial charge on any atom is -1.00 e. The number of pyridine rings is 1. The Balaban J connectivity index is 0.00000208. The minimum atomic E-state index is -0.0490. The van der Waals surface area contributed by atoms with Gasteiger partial charge in [0.2, 0.25) is 12.3 Å². The van der Waals surface area contributed by atoms with E-state index in [2.05, 4.69) is 0 Å². The van der Waals surface area contributed by atoms with Crippen molar-refractivity contribution < 1.29 is 31.1 Å². The Kier molecular flexibility index (Phi) is 6.15. The van der Waals surface area contributed by atoms with E-state index in [4.69, 9.17) is 0 Å². The summed E-state index contributed by atoms with van der Waals surface area (Å²) in [5.41, 5.74) is 1.87. The molecule has 0 saturated heterocycles. The standard InChI is InChI=1S/C20H16NO2.BrH/c22-19(16-8-3-1-4-9-16)15-21-13-7-12-18(14-21)20(23)17-10-5-2-6-11-17;/h1-14H,15H2;1H/q+1;/p-1. The van der Waals surface area contributed by atoms with Gasteiger partial charge in [-0.05, 0) is 6.07 Å². The molecule has 0 fully saturated rings. The zero-order valence-corrected chi connectivity index (χ0v) is 14.5. The van der Waals surface area contributed by atoms with Gasteiger partial charge in [-0.2, -0.15) is 4.57 Å². The van der Waals surface area contributed by atoms with Crippen molar-refractivity contribution in [3.63, 3.8) is 0 Å². The number of hydrogen-bond donors (Lipinski definition) is 0. The minimum absolute atomic E-state index is 0. The molecule has 24 heavy (non-hydrogen) atoms. The third-order valence-electron chi connectivity index (χ3n) is 3.58. The van der Waals surface area contributed by atoms with E-state index in [0.717, 1.165) is 0 Å². The fourth-order valence-corrected chi connectivity index (χ4v) is 2.39. The molecule has 0 atom stereocenters. The van der Waals surface area contributed by atoms with Crippen LogP contribution in [0.1, 0.15) is 26.3 Å². The molecule has 0 unspecified atom stereocenters. The van der Waals surface area contributed by atoms with E-state index in [1.54, 1.807) is 53.4 Å². The number of ketones is 2. The highest BCUT2D eigenvalue weighted by atomic mass is 79.9. The second-order valence-corrected chi connectivity index (χ2v) is 5.25. The third-order valence-corrected chi connectivity index (χ3v) is 3.58. The second kappa shape index (κ2) is 8.31. The molecule has 0 spiro atoms. The van der Waals surface area contributed by atoms with Gasteiger partial charge in [-0.25, -0.2) is 0 Å². The molecule has 120 valence electrons. The van der Waals surface area contributed by atoms with Crippen LogP contribution in [0.4, 0.5) is 0 Å². The number of carbonyl (C=O) groups excluding carboxylic acids is 2. The van der Waals surface area contributed by atoms with Crippen LogP contribution in [0.15, 0.2) is 85.2 Å². The van der Waals surface area contributed by atoms with Crippen molar-refractivity contribution in [1.82, 2.24) is 0 Å². The van der Waals surface area contributed by atoms with E-state index >= 15 is 0 Å². The van der Waals surface area contributed by atoms with Gasteiger partial charge in [-0.1, -0.05) is 60.7 Å². The fourth-order valence-electron chi connectivity index (χ4n) is 2.39. The maximum Gasteiger partial charge on any atom is 0.227 e. The van der Waals surface area contributed by atoms with E-state index in [-0.39, 0.29) is 35.1 Å². The summed E-state index contributed by atoms with van der Waals surface area (Å²) in [7, 11) is 0. The summed E-state index contributed by atoms with van der Waals surface area (Å²) in [6.07, 6.45) is 3.51. The largest absolute Gasteiger partial charge is 1.00 e. The Morgan fingerprint density at radius 3 is 1.88 bits per heavy atom. The molecule has 0 aliphatic rings. The van der Waals surface area contributed by atoms with Crippen LogP contribution in [-0.2, 0) is 6.54 Å². The number of halogens is 1. The molecule has 3 rings (SSSR count). The van der Waals surface area contributed by atoms with Crippen molar-refractivity contribution >= 4 is 11.6 Å². The molecule has 3 aromatic rings. The Labute approximate surface area is 151 Å². The van der Waals surface area contributed by atoms with Crippen LogP contribution in [0.25, 0.3) is 0 Å². The van der Waals surface area contributed by atoms with Crippen molar-refractivity contribution in [3.8, 4) is 0 Å². The molecular formula is C20H16BrNO2. The summed E-state index contributed by atoms with van der Waals surface area (Å²) in [5, 5.41) is 0. The SMILES string of the molecule is O=C(C[n+]1cccc(C(=O)c2ccccc2)c1)c1ccccc1.[Br-]. The average Bonchev–Trinajstić information content (AvgIpc) is 2.63. The Morgan fingerprint density at radius 2 is 1.25 bits per heavy atom. The van der Waals surface area contributed by atoms with Crippen LogP contribution < -0.4 is 21.5 Å². The van der Waals surface area contributed by atoms with Crippen molar-refractivity contribution in [2.45, 2.75) is 6.54 Å². The lowest BCUT2D eigenvalue weighted by molar-refractivity contribution is -0.683. The first-order valence-corrected chi connectivity index (χ1v) is 7.41. The molecule has 0 aliphatic carbocycles. The van der Waals surface area contributed by atoms with Crippen LogP contribution in [0.5, 0.6) is 0 Å². The topological polar surface area (TPSA) is 38.0 Å². The third kappa shape index (κ3) is 4.24. The quantitative estimate of drug-likeness (QED) is 0.464. The highest BCUT2D eigenvalue weighted by Gasteiger charge is 2.15. The highest BCUT2D eigenvalue weighted by Crippen LogP contribution is 2.07. The van der Waals surface area contributed by atoms with Crippen molar-refractivity contribution in [3.05, 3.63) is 102 Å². The van der Waals surface area contributed by atoms with Gasteiger partial charge in [0.15, 0.2) is 18.2 Å². The van der Waals surface area contributed by atoms with E-state index < -0.39 is 0 Å². The summed E-state index contributed by atoms with van der Waals surface area (Å²) in [5.74, 6) is -0.0352. The molecule has 0 radical (unpaired) electrons. The molecule has 1 heterocycles. The number of benzene rings is 2. The molecule has 0 saturated carbocycles. The van der Waals surface area contributed by atoms with Crippen LogP contribution in [0.2, 0.25) is 0 Å². The zero-order valence-electron chi connectivity index (χ0n) is 12.9. The maximum atomic E-state index is 12.5. The van der Waals surface area contributed by atoms with Gasteiger partial charge in [0, 0.05) is 17.2 Å². The predicted octanol–water partition coefficient (Wildman–Crippen LogP) is 0.0920. The van der Waals surface area contributed by atoms with Gasteiger partial charge >= 0.3 is 0 Å².